The first-order valence-electron chi connectivity index (χ1n) is 13.9. The van der Waals surface area contributed by atoms with Gasteiger partial charge >= 0.3 is 0 Å². The number of pyridine rings is 2. The zero-order valence-corrected chi connectivity index (χ0v) is 22.9. The van der Waals surface area contributed by atoms with Gasteiger partial charge < -0.3 is 24.6 Å². The number of halogens is 1. The summed E-state index contributed by atoms with van der Waals surface area (Å²) >= 11 is 0. The number of ether oxygens (including phenoxy) is 2. The van der Waals surface area contributed by atoms with E-state index in [1.165, 1.54) is 29.3 Å². The molecular formula is C30H31FN6O5. The second-order valence-corrected chi connectivity index (χ2v) is 10.6. The molecule has 11 nitrogen and oxygen atoms in total. The summed E-state index contributed by atoms with van der Waals surface area (Å²) in [5.41, 5.74) is 1.26. The Bertz CT molecular complexity index is 1460. The van der Waals surface area contributed by atoms with Gasteiger partial charge in [0, 0.05) is 57.9 Å². The van der Waals surface area contributed by atoms with Crippen LogP contribution in [0.3, 0.4) is 0 Å². The highest BCUT2D eigenvalue weighted by atomic mass is 19.1. The van der Waals surface area contributed by atoms with Crippen molar-refractivity contribution < 1.29 is 28.2 Å². The first-order chi connectivity index (χ1) is 20.5. The molecule has 1 N–H and O–H groups in total. The number of rotatable bonds is 3. The average molecular weight is 575 g/mol. The van der Waals surface area contributed by atoms with Crippen LogP contribution in [0.5, 0.6) is 5.88 Å². The smallest absolute Gasteiger partial charge is 0.257 e. The largest absolute Gasteiger partial charge is 0.475 e. The number of fused-ring (bicyclic) bond motifs is 3. The Balaban J connectivity index is 1.24. The van der Waals surface area contributed by atoms with Crippen molar-refractivity contribution >= 4 is 17.7 Å². The van der Waals surface area contributed by atoms with E-state index in [1.54, 1.807) is 35.5 Å². The van der Waals surface area contributed by atoms with Crippen LogP contribution in [-0.4, -0.2) is 107 Å². The molecule has 0 spiro atoms. The quantitative estimate of drug-likeness (QED) is 0.499. The third-order valence-electron chi connectivity index (χ3n) is 7.83. The van der Waals surface area contributed by atoms with E-state index in [4.69, 9.17) is 9.47 Å². The SMILES string of the molecule is O=C1N[C@@H]2CN(Cc3cccnc3)C[C@@H]2OCC(=O)N2CCN(C(=O)c3ccccc3F)C[C@H]2COc2ncccc21. The number of carbonyl (C=O) groups is 3. The van der Waals surface area contributed by atoms with Crippen LogP contribution in [0.1, 0.15) is 26.3 Å². The molecule has 218 valence electrons. The molecule has 2 fully saturated rings. The zero-order chi connectivity index (χ0) is 29.1. The van der Waals surface area contributed by atoms with E-state index >= 15 is 0 Å². The van der Waals surface area contributed by atoms with Crippen molar-refractivity contribution in [3.05, 3.63) is 89.6 Å². The maximum Gasteiger partial charge on any atom is 0.257 e. The molecule has 6 rings (SSSR count). The third-order valence-corrected chi connectivity index (χ3v) is 7.83. The van der Waals surface area contributed by atoms with Gasteiger partial charge in [0.2, 0.25) is 11.8 Å². The molecule has 42 heavy (non-hydrogen) atoms. The van der Waals surface area contributed by atoms with E-state index < -0.39 is 23.9 Å². The van der Waals surface area contributed by atoms with Gasteiger partial charge in [0.1, 0.15) is 24.6 Å². The van der Waals surface area contributed by atoms with Gasteiger partial charge in [0.25, 0.3) is 11.8 Å². The minimum atomic E-state index is -0.603. The van der Waals surface area contributed by atoms with Crippen LogP contribution < -0.4 is 10.1 Å². The molecule has 3 atom stereocenters. The Labute approximate surface area is 242 Å². The molecule has 0 unspecified atom stereocenters. The minimum Gasteiger partial charge on any atom is -0.475 e. The molecule has 0 saturated carbocycles. The second-order valence-electron chi connectivity index (χ2n) is 10.6. The van der Waals surface area contributed by atoms with Gasteiger partial charge in [-0.2, -0.15) is 0 Å². The Kier molecular flexibility index (Phi) is 8.06. The number of amides is 3. The van der Waals surface area contributed by atoms with Gasteiger partial charge in [0.05, 0.1) is 23.8 Å². The van der Waals surface area contributed by atoms with E-state index in [9.17, 15) is 18.8 Å². The molecule has 0 radical (unpaired) electrons. The Morgan fingerprint density at radius 1 is 1.02 bits per heavy atom. The zero-order valence-electron chi connectivity index (χ0n) is 22.9. The molecule has 5 heterocycles. The van der Waals surface area contributed by atoms with E-state index in [1.807, 2.05) is 12.1 Å². The fraction of sp³-hybridized carbons (Fsp3) is 0.367. The number of hydrogen-bond acceptors (Lipinski definition) is 8. The molecule has 12 heteroatoms. The highest BCUT2D eigenvalue weighted by Gasteiger charge is 2.39. The summed E-state index contributed by atoms with van der Waals surface area (Å²) in [6.45, 7) is 2.02. The normalized spacial score (nSPS) is 23.3. The Morgan fingerprint density at radius 3 is 2.71 bits per heavy atom. The molecule has 3 aromatic rings. The first-order valence-corrected chi connectivity index (χ1v) is 13.9. The topological polar surface area (TPSA) is 117 Å². The number of benzene rings is 1. The van der Waals surface area contributed by atoms with Gasteiger partial charge in [-0.3, -0.25) is 24.3 Å². The first kappa shape index (κ1) is 27.7. The van der Waals surface area contributed by atoms with Crippen LogP contribution in [0.15, 0.2) is 67.1 Å². The van der Waals surface area contributed by atoms with Crippen molar-refractivity contribution in [3.8, 4) is 5.88 Å². The molecule has 0 aliphatic carbocycles. The van der Waals surface area contributed by atoms with Crippen LogP contribution in [0.4, 0.5) is 4.39 Å². The number of hydrogen-bond donors (Lipinski definition) is 1. The standard InChI is InChI=1S/C30H31FN6O5/c31-24-8-2-1-6-22(24)30(40)36-11-12-37-21(15-36)18-42-29-23(7-4-10-33-29)28(39)34-25-16-35(14-20-5-3-9-32-13-20)17-26(25)41-19-27(37)38/h1-10,13,21,25-26H,11-12,14-19H2,(H,34,39)/t21-,25+,26-/m0/s1. The highest BCUT2D eigenvalue weighted by molar-refractivity contribution is 5.96. The molecule has 3 amide bonds. The molecule has 3 aliphatic rings. The van der Waals surface area contributed by atoms with E-state index in [0.29, 0.717) is 19.6 Å². The van der Waals surface area contributed by atoms with Crippen molar-refractivity contribution in [2.75, 3.05) is 45.9 Å². The molecule has 1 aromatic carbocycles. The lowest BCUT2D eigenvalue weighted by Gasteiger charge is -2.41. The minimum absolute atomic E-state index is 0.0180. The number of aromatic nitrogens is 2. The molecule has 3 aliphatic heterocycles. The summed E-state index contributed by atoms with van der Waals surface area (Å²) in [6, 6.07) is 12.0. The predicted molar refractivity (Wildman–Crippen MR) is 148 cm³/mol. The third kappa shape index (κ3) is 5.95. The molecule has 0 bridgehead atoms. The van der Waals surface area contributed by atoms with Crippen LogP contribution in [-0.2, 0) is 16.1 Å². The summed E-state index contributed by atoms with van der Waals surface area (Å²) < 4.78 is 26.6. The number of likely N-dealkylation sites (tertiary alicyclic amines) is 1. The molecule has 2 aromatic heterocycles. The van der Waals surface area contributed by atoms with Gasteiger partial charge in [-0.1, -0.05) is 18.2 Å². The van der Waals surface area contributed by atoms with Crippen molar-refractivity contribution in [1.29, 1.82) is 0 Å². The van der Waals surface area contributed by atoms with Crippen LogP contribution in [0, 0.1) is 5.82 Å². The van der Waals surface area contributed by atoms with Crippen LogP contribution >= 0.6 is 0 Å². The Hall–Kier alpha value is -4.42. The van der Waals surface area contributed by atoms with Crippen LogP contribution in [0.25, 0.3) is 0 Å². The van der Waals surface area contributed by atoms with Crippen molar-refractivity contribution in [3.63, 3.8) is 0 Å². The second kappa shape index (κ2) is 12.2. The maximum absolute atomic E-state index is 14.4. The van der Waals surface area contributed by atoms with E-state index in [-0.39, 0.29) is 67.7 Å². The van der Waals surface area contributed by atoms with Gasteiger partial charge in [-0.05, 0) is 35.9 Å². The number of nitrogens with one attached hydrogen (secondary N) is 1. The summed E-state index contributed by atoms with van der Waals surface area (Å²) in [4.78, 5) is 53.8. The number of nitrogens with zero attached hydrogens (tertiary/aromatic N) is 5. The highest BCUT2D eigenvalue weighted by Crippen LogP contribution is 2.23. The van der Waals surface area contributed by atoms with Gasteiger partial charge in [-0.15, -0.1) is 0 Å². The average Bonchev–Trinajstić information content (AvgIpc) is 3.39. The number of piperazine rings is 1. The summed E-state index contributed by atoms with van der Waals surface area (Å²) in [7, 11) is 0. The number of carbonyl (C=O) groups excluding carboxylic acids is 3. The Morgan fingerprint density at radius 2 is 1.88 bits per heavy atom. The summed E-state index contributed by atoms with van der Waals surface area (Å²) in [6.07, 6.45) is 4.61. The molecule has 2 saturated heterocycles. The lowest BCUT2D eigenvalue weighted by atomic mass is 10.1. The summed E-state index contributed by atoms with van der Waals surface area (Å²) in [5, 5.41) is 3.06. The fourth-order valence-corrected chi connectivity index (χ4v) is 5.72. The molecular weight excluding hydrogens is 543 g/mol. The van der Waals surface area contributed by atoms with Gasteiger partial charge in [0.15, 0.2) is 0 Å². The van der Waals surface area contributed by atoms with Gasteiger partial charge in [-0.25, -0.2) is 9.37 Å². The van der Waals surface area contributed by atoms with Crippen molar-refractivity contribution in [1.82, 2.24) is 30.0 Å². The maximum atomic E-state index is 14.4. The lowest BCUT2D eigenvalue weighted by molar-refractivity contribution is -0.143. The summed E-state index contributed by atoms with van der Waals surface area (Å²) in [5.74, 6) is -1.55. The fourth-order valence-electron chi connectivity index (χ4n) is 5.72. The predicted octanol–water partition coefficient (Wildman–Crippen LogP) is 1.36. The lowest BCUT2D eigenvalue weighted by Crippen LogP contribution is -2.59. The van der Waals surface area contributed by atoms with E-state index in [0.717, 1.165) is 5.56 Å². The van der Waals surface area contributed by atoms with Crippen molar-refractivity contribution in [2.24, 2.45) is 0 Å². The monoisotopic (exact) mass is 574 g/mol. The van der Waals surface area contributed by atoms with Crippen LogP contribution in [0.2, 0.25) is 0 Å². The van der Waals surface area contributed by atoms with E-state index in [2.05, 4.69) is 20.2 Å². The van der Waals surface area contributed by atoms with Crippen molar-refractivity contribution in [2.45, 2.75) is 24.7 Å².